The van der Waals surface area contributed by atoms with Crippen LogP contribution in [-0.2, 0) is 11.3 Å². The predicted octanol–water partition coefficient (Wildman–Crippen LogP) is 2.93. The van der Waals surface area contributed by atoms with E-state index in [0.717, 1.165) is 12.0 Å². The number of amides is 1. The maximum atomic E-state index is 11.7. The van der Waals surface area contributed by atoms with Gasteiger partial charge in [0.15, 0.2) is 0 Å². The lowest BCUT2D eigenvalue weighted by Crippen LogP contribution is -2.26. The van der Waals surface area contributed by atoms with Crippen molar-refractivity contribution >= 4 is 5.91 Å². The van der Waals surface area contributed by atoms with E-state index in [1.165, 1.54) is 5.56 Å². The van der Waals surface area contributed by atoms with Crippen LogP contribution in [0.4, 0.5) is 0 Å². The zero-order valence-electron chi connectivity index (χ0n) is 12.2. The van der Waals surface area contributed by atoms with Gasteiger partial charge in [0.2, 0.25) is 5.91 Å². The Bertz CT molecular complexity index is 386. The highest BCUT2D eigenvalue weighted by molar-refractivity contribution is 5.75. The van der Waals surface area contributed by atoms with Gasteiger partial charge in [-0.2, -0.15) is 0 Å². The first kappa shape index (κ1) is 15.7. The van der Waals surface area contributed by atoms with E-state index in [0.29, 0.717) is 25.3 Å². The molecule has 1 aromatic carbocycles. The summed E-state index contributed by atoms with van der Waals surface area (Å²) in [4.78, 5) is 13.5. The minimum atomic E-state index is 0.0726. The van der Waals surface area contributed by atoms with Crippen molar-refractivity contribution in [2.45, 2.75) is 45.6 Å². The summed E-state index contributed by atoms with van der Waals surface area (Å²) in [5.41, 5.74) is 2.49. The molecule has 0 aliphatic heterocycles. The van der Waals surface area contributed by atoms with Gasteiger partial charge in [-0.05, 0) is 29.9 Å². The molecule has 0 saturated heterocycles. The lowest BCUT2D eigenvalue weighted by molar-refractivity contribution is -0.130. The summed E-state index contributed by atoms with van der Waals surface area (Å²) in [5, 5.41) is 8.72. The standard InChI is InChI=1S/C16H25NO2/c1-4-13(2)15-9-7-14(8-10-15)12-17(3)16(19)6-5-11-18/h7-10,13,18H,4-6,11-12H2,1-3H3. The SMILES string of the molecule is CCC(C)c1ccc(CN(C)C(=O)CCCO)cc1. The highest BCUT2D eigenvalue weighted by Crippen LogP contribution is 2.19. The summed E-state index contributed by atoms with van der Waals surface area (Å²) in [6.45, 7) is 5.11. The van der Waals surface area contributed by atoms with Gasteiger partial charge in [-0.25, -0.2) is 0 Å². The Balaban J connectivity index is 2.55. The first-order valence-corrected chi connectivity index (χ1v) is 7.02. The van der Waals surface area contributed by atoms with Crippen LogP contribution in [0.2, 0.25) is 0 Å². The molecule has 1 atom stereocenters. The molecule has 0 radical (unpaired) electrons. The number of aliphatic hydroxyl groups is 1. The third-order valence-electron chi connectivity index (χ3n) is 3.56. The fourth-order valence-electron chi connectivity index (χ4n) is 1.97. The molecule has 1 unspecified atom stereocenters. The highest BCUT2D eigenvalue weighted by Gasteiger charge is 2.09. The molecule has 0 saturated carbocycles. The van der Waals surface area contributed by atoms with Gasteiger partial charge in [0, 0.05) is 26.6 Å². The van der Waals surface area contributed by atoms with Crippen LogP contribution in [0, 0.1) is 0 Å². The van der Waals surface area contributed by atoms with Crippen LogP contribution >= 0.6 is 0 Å². The van der Waals surface area contributed by atoms with E-state index in [1.54, 1.807) is 4.90 Å². The molecular weight excluding hydrogens is 238 g/mol. The lowest BCUT2D eigenvalue weighted by Gasteiger charge is -2.18. The molecule has 1 amide bonds. The molecular formula is C16H25NO2. The molecule has 3 nitrogen and oxygen atoms in total. The maximum Gasteiger partial charge on any atom is 0.222 e. The van der Waals surface area contributed by atoms with Gasteiger partial charge < -0.3 is 10.0 Å². The summed E-state index contributed by atoms with van der Waals surface area (Å²) in [6, 6.07) is 8.49. The van der Waals surface area contributed by atoms with Crippen molar-refractivity contribution in [1.82, 2.24) is 4.90 Å². The van der Waals surface area contributed by atoms with Crippen molar-refractivity contribution in [2.75, 3.05) is 13.7 Å². The summed E-state index contributed by atoms with van der Waals surface area (Å²) in [5.74, 6) is 0.665. The number of carbonyl (C=O) groups excluding carboxylic acids is 1. The van der Waals surface area contributed by atoms with Crippen molar-refractivity contribution < 1.29 is 9.90 Å². The average Bonchev–Trinajstić information content (AvgIpc) is 2.44. The number of nitrogens with zero attached hydrogens (tertiary/aromatic N) is 1. The Morgan fingerprint density at radius 2 is 1.95 bits per heavy atom. The molecule has 1 aromatic rings. The van der Waals surface area contributed by atoms with Crippen LogP contribution in [0.25, 0.3) is 0 Å². The van der Waals surface area contributed by atoms with Gasteiger partial charge in [0.05, 0.1) is 0 Å². The molecule has 3 heteroatoms. The maximum absolute atomic E-state index is 11.7. The third kappa shape index (κ3) is 5.03. The van der Waals surface area contributed by atoms with E-state index >= 15 is 0 Å². The minimum absolute atomic E-state index is 0.0726. The first-order valence-electron chi connectivity index (χ1n) is 7.02. The molecule has 0 spiro atoms. The van der Waals surface area contributed by atoms with Gasteiger partial charge >= 0.3 is 0 Å². The van der Waals surface area contributed by atoms with Crippen molar-refractivity contribution in [3.63, 3.8) is 0 Å². The number of carbonyl (C=O) groups is 1. The van der Waals surface area contributed by atoms with Gasteiger partial charge in [0.1, 0.15) is 0 Å². The normalized spacial score (nSPS) is 12.2. The Labute approximate surface area is 116 Å². The fourth-order valence-corrected chi connectivity index (χ4v) is 1.97. The highest BCUT2D eigenvalue weighted by atomic mass is 16.3. The zero-order valence-corrected chi connectivity index (χ0v) is 12.2. The quantitative estimate of drug-likeness (QED) is 0.821. The average molecular weight is 263 g/mol. The Morgan fingerprint density at radius 1 is 1.32 bits per heavy atom. The predicted molar refractivity (Wildman–Crippen MR) is 77.9 cm³/mol. The van der Waals surface area contributed by atoms with E-state index < -0.39 is 0 Å². The minimum Gasteiger partial charge on any atom is -0.396 e. The van der Waals surface area contributed by atoms with Crippen molar-refractivity contribution in [3.05, 3.63) is 35.4 Å². The lowest BCUT2D eigenvalue weighted by atomic mass is 9.97. The van der Waals surface area contributed by atoms with E-state index in [2.05, 4.69) is 38.1 Å². The Morgan fingerprint density at radius 3 is 2.47 bits per heavy atom. The topological polar surface area (TPSA) is 40.5 Å². The summed E-state index contributed by atoms with van der Waals surface area (Å²) >= 11 is 0. The summed E-state index contributed by atoms with van der Waals surface area (Å²) in [6.07, 6.45) is 2.09. The van der Waals surface area contributed by atoms with Crippen LogP contribution in [0.15, 0.2) is 24.3 Å². The number of hydrogen-bond acceptors (Lipinski definition) is 2. The van der Waals surface area contributed by atoms with Crippen LogP contribution in [-0.4, -0.2) is 29.6 Å². The zero-order chi connectivity index (χ0) is 14.3. The summed E-state index contributed by atoms with van der Waals surface area (Å²) < 4.78 is 0. The van der Waals surface area contributed by atoms with E-state index in [-0.39, 0.29) is 12.5 Å². The number of hydrogen-bond donors (Lipinski definition) is 1. The van der Waals surface area contributed by atoms with Gasteiger partial charge in [-0.3, -0.25) is 4.79 Å². The monoisotopic (exact) mass is 263 g/mol. The molecule has 0 heterocycles. The molecule has 0 aliphatic rings. The smallest absolute Gasteiger partial charge is 0.222 e. The molecule has 0 aliphatic carbocycles. The van der Waals surface area contributed by atoms with Crippen LogP contribution < -0.4 is 0 Å². The Hall–Kier alpha value is -1.35. The van der Waals surface area contributed by atoms with Crippen molar-refractivity contribution in [3.8, 4) is 0 Å². The van der Waals surface area contributed by atoms with Gasteiger partial charge in [0.25, 0.3) is 0 Å². The second-order valence-corrected chi connectivity index (χ2v) is 5.13. The number of benzene rings is 1. The van der Waals surface area contributed by atoms with Crippen LogP contribution in [0.1, 0.15) is 50.2 Å². The largest absolute Gasteiger partial charge is 0.396 e. The Kier molecular flexibility index (Phi) is 6.57. The number of rotatable bonds is 7. The van der Waals surface area contributed by atoms with Crippen LogP contribution in [0.5, 0.6) is 0 Å². The molecule has 19 heavy (non-hydrogen) atoms. The van der Waals surface area contributed by atoms with E-state index in [4.69, 9.17) is 5.11 Å². The van der Waals surface area contributed by atoms with Crippen LogP contribution in [0.3, 0.4) is 0 Å². The third-order valence-corrected chi connectivity index (χ3v) is 3.56. The molecule has 0 aromatic heterocycles. The molecule has 1 rings (SSSR count). The fraction of sp³-hybridized carbons (Fsp3) is 0.562. The molecule has 0 bridgehead atoms. The van der Waals surface area contributed by atoms with E-state index in [1.807, 2.05) is 7.05 Å². The van der Waals surface area contributed by atoms with Crippen molar-refractivity contribution in [2.24, 2.45) is 0 Å². The molecule has 106 valence electrons. The van der Waals surface area contributed by atoms with Gasteiger partial charge in [-0.1, -0.05) is 38.1 Å². The summed E-state index contributed by atoms with van der Waals surface area (Å²) in [7, 11) is 1.81. The molecule has 1 N–H and O–H groups in total. The van der Waals surface area contributed by atoms with Crippen molar-refractivity contribution in [1.29, 1.82) is 0 Å². The van der Waals surface area contributed by atoms with E-state index in [9.17, 15) is 4.79 Å². The first-order chi connectivity index (χ1) is 9.08. The molecule has 0 fully saturated rings. The number of aliphatic hydroxyl groups excluding tert-OH is 1. The van der Waals surface area contributed by atoms with Gasteiger partial charge in [-0.15, -0.1) is 0 Å². The second kappa shape index (κ2) is 7.95. The second-order valence-electron chi connectivity index (χ2n) is 5.13.